The van der Waals surface area contributed by atoms with E-state index in [4.69, 9.17) is 11.6 Å². The maximum atomic E-state index is 11.0. The predicted octanol–water partition coefficient (Wildman–Crippen LogP) is 0.907. The highest BCUT2D eigenvalue weighted by atomic mass is 35.5. The minimum Gasteiger partial charge on any atom is -0.467 e. The lowest BCUT2D eigenvalue weighted by molar-refractivity contribution is -0.156. The average Bonchev–Trinajstić information content (AvgIpc) is 2.26. The van der Waals surface area contributed by atoms with Crippen LogP contribution in [0.25, 0.3) is 0 Å². The molecule has 2 N–H and O–H groups in total. The summed E-state index contributed by atoms with van der Waals surface area (Å²) in [5.41, 5.74) is 0.289. The lowest BCUT2D eigenvalue weighted by Gasteiger charge is -2.16. The minimum absolute atomic E-state index is 0.285. The zero-order valence-electron chi connectivity index (χ0n) is 8.05. The molecule has 2 atom stereocenters. The number of hydrogen-bond donors (Lipinski definition) is 2. The quantitative estimate of drug-likeness (QED) is 0.758. The Bertz CT molecular complexity index is 353. The van der Waals surface area contributed by atoms with Crippen LogP contribution in [0.4, 0.5) is 0 Å². The first kappa shape index (κ1) is 12.0. The molecule has 4 nitrogen and oxygen atoms in total. The summed E-state index contributed by atoms with van der Waals surface area (Å²) in [5.74, 6) is -0.901. The van der Waals surface area contributed by atoms with E-state index in [9.17, 15) is 15.0 Å². The molecule has 0 aliphatic rings. The first-order valence-corrected chi connectivity index (χ1v) is 4.64. The predicted molar refractivity (Wildman–Crippen MR) is 54.4 cm³/mol. The number of methoxy groups -OCH3 is 1. The van der Waals surface area contributed by atoms with Gasteiger partial charge in [-0.2, -0.15) is 0 Å². The zero-order valence-corrected chi connectivity index (χ0v) is 8.81. The number of ether oxygens (including phenoxy) is 1. The van der Waals surface area contributed by atoms with Crippen LogP contribution in [0.3, 0.4) is 0 Å². The van der Waals surface area contributed by atoms with Gasteiger partial charge in [-0.25, -0.2) is 4.79 Å². The highest BCUT2D eigenvalue weighted by Crippen LogP contribution is 2.25. The van der Waals surface area contributed by atoms with Crippen molar-refractivity contribution in [3.8, 4) is 0 Å². The monoisotopic (exact) mass is 230 g/mol. The van der Waals surface area contributed by atoms with Crippen LogP contribution in [0.15, 0.2) is 24.3 Å². The average molecular weight is 231 g/mol. The van der Waals surface area contributed by atoms with Crippen LogP contribution in [0, 0.1) is 0 Å². The lowest BCUT2D eigenvalue weighted by Crippen LogP contribution is -2.29. The molecule has 0 radical (unpaired) electrons. The smallest absolute Gasteiger partial charge is 0.337 e. The van der Waals surface area contributed by atoms with Gasteiger partial charge in [0.25, 0.3) is 0 Å². The van der Waals surface area contributed by atoms with Gasteiger partial charge in [0, 0.05) is 10.6 Å². The first-order valence-electron chi connectivity index (χ1n) is 4.26. The van der Waals surface area contributed by atoms with Gasteiger partial charge in [-0.15, -0.1) is 0 Å². The zero-order chi connectivity index (χ0) is 11.4. The van der Waals surface area contributed by atoms with E-state index in [2.05, 4.69) is 4.74 Å². The van der Waals surface area contributed by atoms with Crippen LogP contribution in [0.5, 0.6) is 0 Å². The Labute approximate surface area is 92.1 Å². The highest BCUT2D eigenvalue weighted by molar-refractivity contribution is 6.31. The lowest BCUT2D eigenvalue weighted by atomic mass is 10.0. The maximum absolute atomic E-state index is 11.0. The molecule has 5 heteroatoms. The molecule has 0 aromatic heterocycles. The molecule has 0 aliphatic heterocycles. The minimum atomic E-state index is -1.63. The van der Waals surface area contributed by atoms with Crippen LogP contribution in [0.1, 0.15) is 11.7 Å². The number of halogens is 1. The van der Waals surface area contributed by atoms with Crippen molar-refractivity contribution in [3.05, 3.63) is 34.9 Å². The number of carbonyl (C=O) groups is 1. The van der Waals surface area contributed by atoms with E-state index in [1.54, 1.807) is 18.2 Å². The molecular formula is C10H11ClO4. The number of benzene rings is 1. The molecule has 82 valence electrons. The van der Waals surface area contributed by atoms with Crippen molar-refractivity contribution in [2.24, 2.45) is 0 Å². The van der Waals surface area contributed by atoms with Gasteiger partial charge in [0.2, 0.25) is 0 Å². The number of rotatable bonds is 3. The van der Waals surface area contributed by atoms with Gasteiger partial charge in [-0.1, -0.05) is 29.8 Å². The van der Waals surface area contributed by atoms with Crippen molar-refractivity contribution < 1.29 is 19.7 Å². The van der Waals surface area contributed by atoms with Crippen LogP contribution in [-0.2, 0) is 9.53 Å². The number of esters is 1. The fourth-order valence-corrected chi connectivity index (χ4v) is 1.38. The van der Waals surface area contributed by atoms with Crippen LogP contribution in [-0.4, -0.2) is 29.4 Å². The SMILES string of the molecule is COC(=O)C(O)C(O)c1ccccc1Cl. The summed E-state index contributed by atoms with van der Waals surface area (Å²) < 4.78 is 4.30. The molecule has 1 aromatic carbocycles. The number of aliphatic hydroxyl groups is 2. The Hall–Kier alpha value is -1.10. The van der Waals surface area contributed by atoms with E-state index in [1.165, 1.54) is 6.07 Å². The van der Waals surface area contributed by atoms with Crippen molar-refractivity contribution in [3.63, 3.8) is 0 Å². The second-order valence-corrected chi connectivity index (χ2v) is 3.34. The van der Waals surface area contributed by atoms with Gasteiger partial charge < -0.3 is 14.9 Å². The summed E-state index contributed by atoms with van der Waals surface area (Å²) in [6.45, 7) is 0. The second-order valence-electron chi connectivity index (χ2n) is 2.93. The fourth-order valence-electron chi connectivity index (χ4n) is 1.13. The fraction of sp³-hybridized carbons (Fsp3) is 0.300. The summed E-state index contributed by atoms with van der Waals surface area (Å²) in [4.78, 5) is 11.0. The molecule has 0 bridgehead atoms. The molecule has 0 aliphatic carbocycles. The third-order valence-corrected chi connectivity index (χ3v) is 2.31. The normalized spacial score (nSPS) is 14.4. The van der Waals surface area contributed by atoms with Crippen molar-refractivity contribution in [2.45, 2.75) is 12.2 Å². The van der Waals surface area contributed by atoms with Crippen molar-refractivity contribution in [2.75, 3.05) is 7.11 Å². The summed E-state index contributed by atoms with van der Waals surface area (Å²) in [7, 11) is 1.13. The van der Waals surface area contributed by atoms with E-state index < -0.39 is 18.2 Å². The molecule has 1 aromatic rings. The number of aliphatic hydroxyl groups excluding tert-OH is 2. The first-order chi connectivity index (χ1) is 7.07. The standard InChI is InChI=1S/C10H11ClO4/c1-15-10(14)9(13)8(12)6-4-2-3-5-7(6)11/h2-5,8-9,12-13H,1H3. The van der Waals surface area contributed by atoms with Crippen molar-refractivity contribution in [1.29, 1.82) is 0 Å². The van der Waals surface area contributed by atoms with E-state index >= 15 is 0 Å². The van der Waals surface area contributed by atoms with Crippen LogP contribution < -0.4 is 0 Å². The molecule has 0 spiro atoms. The van der Waals surface area contributed by atoms with Gasteiger partial charge in [0.15, 0.2) is 6.10 Å². The van der Waals surface area contributed by atoms with E-state index in [1.807, 2.05) is 0 Å². The van der Waals surface area contributed by atoms with E-state index in [-0.39, 0.29) is 10.6 Å². The Balaban J connectivity index is 2.89. The van der Waals surface area contributed by atoms with Gasteiger partial charge in [-0.05, 0) is 6.07 Å². The Kier molecular flexibility index (Phi) is 4.08. The third-order valence-electron chi connectivity index (χ3n) is 1.97. The molecule has 0 saturated heterocycles. The van der Waals surface area contributed by atoms with E-state index in [0.717, 1.165) is 7.11 Å². The summed E-state index contributed by atoms with van der Waals surface area (Å²) in [5, 5.41) is 19.3. The van der Waals surface area contributed by atoms with Gasteiger partial charge in [0.05, 0.1) is 7.11 Å². The van der Waals surface area contributed by atoms with Crippen LogP contribution >= 0.6 is 11.6 Å². The molecule has 0 amide bonds. The number of hydrogen-bond acceptors (Lipinski definition) is 4. The van der Waals surface area contributed by atoms with Gasteiger partial charge >= 0.3 is 5.97 Å². The third kappa shape index (κ3) is 2.68. The maximum Gasteiger partial charge on any atom is 0.337 e. The Morgan fingerprint density at radius 3 is 2.53 bits per heavy atom. The van der Waals surface area contributed by atoms with Crippen molar-refractivity contribution in [1.82, 2.24) is 0 Å². The molecular weight excluding hydrogens is 220 g/mol. The summed E-state index contributed by atoms with van der Waals surface area (Å²) >= 11 is 5.79. The Morgan fingerprint density at radius 2 is 2.00 bits per heavy atom. The second kappa shape index (κ2) is 5.11. The van der Waals surface area contributed by atoms with Crippen molar-refractivity contribution >= 4 is 17.6 Å². The molecule has 0 heterocycles. The van der Waals surface area contributed by atoms with Gasteiger partial charge in [0.1, 0.15) is 6.10 Å². The molecule has 2 unspecified atom stereocenters. The molecule has 1 rings (SSSR count). The molecule has 15 heavy (non-hydrogen) atoms. The molecule has 0 fully saturated rings. The molecule has 0 saturated carbocycles. The topological polar surface area (TPSA) is 66.8 Å². The van der Waals surface area contributed by atoms with E-state index in [0.29, 0.717) is 0 Å². The van der Waals surface area contributed by atoms with Gasteiger partial charge in [-0.3, -0.25) is 0 Å². The van der Waals surface area contributed by atoms with Crippen LogP contribution in [0.2, 0.25) is 5.02 Å². The number of carbonyl (C=O) groups excluding carboxylic acids is 1. The summed E-state index contributed by atoms with van der Waals surface area (Å²) in [6, 6.07) is 6.42. The largest absolute Gasteiger partial charge is 0.467 e. The Morgan fingerprint density at radius 1 is 1.40 bits per heavy atom. The highest BCUT2D eigenvalue weighted by Gasteiger charge is 2.27. The summed E-state index contributed by atoms with van der Waals surface area (Å²) in [6.07, 6.45) is -3.01.